The number of H-pyrrole nitrogens is 1. The molecule has 0 aliphatic rings. The summed E-state index contributed by atoms with van der Waals surface area (Å²) >= 11 is 0. The number of aryl methyl sites for hydroxylation is 1. The van der Waals surface area contributed by atoms with Gasteiger partial charge >= 0.3 is 0 Å². The first-order chi connectivity index (χ1) is 8.20. The number of pyridine rings is 2. The Labute approximate surface area is 98.7 Å². The third kappa shape index (κ3) is 2.70. The zero-order chi connectivity index (χ0) is 12.3. The third-order valence-corrected chi connectivity index (χ3v) is 2.82. The van der Waals surface area contributed by atoms with Crippen molar-refractivity contribution in [1.29, 1.82) is 0 Å². The lowest BCUT2D eigenvalue weighted by Crippen LogP contribution is -2.12. The van der Waals surface area contributed by atoms with E-state index in [1.54, 1.807) is 6.07 Å². The van der Waals surface area contributed by atoms with Crippen molar-refractivity contribution in [1.82, 2.24) is 9.97 Å². The highest BCUT2D eigenvalue weighted by atomic mass is 19.1. The molecule has 90 valence electrons. The Morgan fingerprint density at radius 2 is 2.18 bits per heavy atom. The van der Waals surface area contributed by atoms with E-state index in [4.69, 9.17) is 0 Å². The van der Waals surface area contributed by atoms with Gasteiger partial charge in [-0.05, 0) is 18.9 Å². The number of hydrogen-bond donors (Lipinski definition) is 1. The zero-order valence-electron chi connectivity index (χ0n) is 9.79. The maximum Gasteiger partial charge on any atom is 0.251 e. The SMILES string of the molecule is CCCCCc1cc2cnc(F)cc2[nH]c1=O. The highest BCUT2D eigenvalue weighted by Crippen LogP contribution is 2.12. The second kappa shape index (κ2) is 5.08. The molecule has 2 aromatic heterocycles. The first kappa shape index (κ1) is 11.8. The van der Waals surface area contributed by atoms with Crippen molar-refractivity contribution in [2.45, 2.75) is 32.6 Å². The Hall–Kier alpha value is -1.71. The van der Waals surface area contributed by atoms with Crippen molar-refractivity contribution < 1.29 is 4.39 Å². The minimum absolute atomic E-state index is 0.126. The number of nitrogens with one attached hydrogen (secondary N) is 1. The number of aromatic nitrogens is 2. The molecule has 0 saturated carbocycles. The molecule has 1 N–H and O–H groups in total. The van der Waals surface area contributed by atoms with Crippen LogP contribution in [0.25, 0.3) is 10.9 Å². The van der Waals surface area contributed by atoms with Gasteiger partial charge in [0.2, 0.25) is 5.95 Å². The zero-order valence-corrected chi connectivity index (χ0v) is 9.79. The molecule has 4 heteroatoms. The van der Waals surface area contributed by atoms with Crippen LogP contribution in [0.3, 0.4) is 0 Å². The lowest BCUT2D eigenvalue weighted by molar-refractivity contribution is 0.586. The van der Waals surface area contributed by atoms with Gasteiger partial charge in [-0.15, -0.1) is 0 Å². The Balaban J connectivity index is 2.35. The van der Waals surface area contributed by atoms with Gasteiger partial charge in [0, 0.05) is 23.2 Å². The van der Waals surface area contributed by atoms with E-state index < -0.39 is 5.95 Å². The van der Waals surface area contributed by atoms with Crippen LogP contribution in [0.1, 0.15) is 31.7 Å². The van der Waals surface area contributed by atoms with E-state index in [0.717, 1.165) is 36.6 Å². The van der Waals surface area contributed by atoms with E-state index in [9.17, 15) is 9.18 Å². The van der Waals surface area contributed by atoms with Crippen LogP contribution in [-0.2, 0) is 6.42 Å². The highest BCUT2D eigenvalue weighted by Gasteiger charge is 2.04. The maximum absolute atomic E-state index is 12.9. The van der Waals surface area contributed by atoms with Crippen molar-refractivity contribution in [2.24, 2.45) is 0 Å². The summed E-state index contributed by atoms with van der Waals surface area (Å²) in [5.74, 6) is -0.577. The predicted molar refractivity (Wildman–Crippen MR) is 65.6 cm³/mol. The fourth-order valence-electron chi connectivity index (χ4n) is 1.87. The van der Waals surface area contributed by atoms with Crippen molar-refractivity contribution >= 4 is 10.9 Å². The number of rotatable bonds is 4. The van der Waals surface area contributed by atoms with E-state index in [0.29, 0.717) is 5.52 Å². The molecular weight excluding hydrogens is 219 g/mol. The largest absolute Gasteiger partial charge is 0.321 e. The topological polar surface area (TPSA) is 45.8 Å². The molecule has 3 nitrogen and oxygen atoms in total. The molecule has 2 rings (SSSR count). The summed E-state index contributed by atoms with van der Waals surface area (Å²) in [4.78, 5) is 18.0. The van der Waals surface area contributed by atoms with Crippen LogP contribution in [0.15, 0.2) is 23.1 Å². The molecule has 0 aliphatic carbocycles. The Morgan fingerprint density at radius 1 is 1.35 bits per heavy atom. The van der Waals surface area contributed by atoms with Crippen molar-refractivity contribution in [2.75, 3.05) is 0 Å². The standard InChI is InChI=1S/C13H15FN2O/c1-2-3-4-5-9-6-10-8-15-12(14)7-11(10)16-13(9)17/h6-8H,2-5H2,1H3,(H,16,17). The van der Waals surface area contributed by atoms with E-state index in [1.807, 2.05) is 0 Å². The fraction of sp³-hybridized carbons (Fsp3) is 0.385. The second-order valence-corrected chi connectivity index (χ2v) is 4.18. The van der Waals surface area contributed by atoms with Gasteiger partial charge in [-0.3, -0.25) is 4.79 Å². The van der Waals surface area contributed by atoms with Crippen molar-refractivity contribution in [3.8, 4) is 0 Å². The van der Waals surface area contributed by atoms with E-state index in [-0.39, 0.29) is 5.56 Å². The molecule has 2 heterocycles. The number of hydrogen-bond acceptors (Lipinski definition) is 2. The molecular formula is C13H15FN2O. The summed E-state index contributed by atoms with van der Waals surface area (Å²) in [7, 11) is 0. The second-order valence-electron chi connectivity index (χ2n) is 4.18. The average Bonchev–Trinajstić information content (AvgIpc) is 2.30. The van der Waals surface area contributed by atoms with Crippen molar-refractivity contribution in [3.63, 3.8) is 0 Å². The minimum atomic E-state index is -0.577. The number of halogens is 1. The number of aromatic amines is 1. The van der Waals surface area contributed by atoms with Crippen LogP contribution in [0.2, 0.25) is 0 Å². The molecule has 0 amide bonds. The van der Waals surface area contributed by atoms with Crippen LogP contribution in [0.5, 0.6) is 0 Å². The van der Waals surface area contributed by atoms with Crippen LogP contribution in [-0.4, -0.2) is 9.97 Å². The summed E-state index contributed by atoms with van der Waals surface area (Å²) in [5.41, 5.74) is 1.13. The Bertz CT molecular complexity index is 577. The molecule has 0 unspecified atom stereocenters. The Kier molecular flexibility index (Phi) is 3.52. The van der Waals surface area contributed by atoms with E-state index in [2.05, 4.69) is 16.9 Å². The van der Waals surface area contributed by atoms with Gasteiger partial charge in [0.15, 0.2) is 0 Å². The molecule has 0 aromatic carbocycles. The summed E-state index contributed by atoms with van der Waals surface area (Å²) in [6.07, 6.45) is 5.44. The smallest absolute Gasteiger partial charge is 0.251 e. The molecule has 0 radical (unpaired) electrons. The van der Waals surface area contributed by atoms with Crippen LogP contribution < -0.4 is 5.56 Å². The van der Waals surface area contributed by atoms with Crippen LogP contribution in [0, 0.1) is 5.95 Å². The lowest BCUT2D eigenvalue weighted by Gasteiger charge is -2.02. The normalized spacial score (nSPS) is 10.9. The summed E-state index contributed by atoms with van der Waals surface area (Å²) in [6, 6.07) is 3.04. The molecule has 0 spiro atoms. The molecule has 17 heavy (non-hydrogen) atoms. The third-order valence-electron chi connectivity index (χ3n) is 2.82. The van der Waals surface area contributed by atoms with Crippen molar-refractivity contribution in [3.05, 3.63) is 40.2 Å². The number of fused-ring (bicyclic) bond motifs is 1. The summed E-state index contributed by atoms with van der Waals surface area (Å²) < 4.78 is 12.9. The van der Waals surface area contributed by atoms with Crippen LogP contribution in [0.4, 0.5) is 4.39 Å². The molecule has 0 atom stereocenters. The van der Waals surface area contributed by atoms with Gasteiger partial charge in [0.25, 0.3) is 5.56 Å². The van der Waals surface area contributed by atoms with Gasteiger partial charge in [-0.25, -0.2) is 4.98 Å². The van der Waals surface area contributed by atoms with Gasteiger partial charge in [-0.1, -0.05) is 19.8 Å². The fourth-order valence-corrected chi connectivity index (χ4v) is 1.87. The molecule has 0 saturated heterocycles. The molecule has 0 fully saturated rings. The number of unbranched alkanes of at least 4 members (excludes halogenated alkanes) is 2. The highest BCUT2D eigenvalue weighted by molar-refractivity contribution is 5.77. The quantitative estimate of drug-likeness (QED) is 0.653. The summed E-state index contributed by atoms with van der Waals surface area (Å²) in [5, 5.41) is 0.775. The molecule has 0 bridgehead atoms. The van der Waals surface area contributed by atoms with Gasteiger partial charge < -0.3 is 4.98 Å². The summed E-state index contributed by atoms with van der Waals surface area (Å²) in [6.45, 7) is 2.12. The first-order valence-electron chi connectivity index (χ1n) is 5.88. The average molecular weight is 234 g/mol. The monoisotopic (exact) mass is 234 g/mol. The predicted octanol–water partition coefficient (Wildman–Crippen LogP) is 2.79. The van der Waals surface area contributed by atoms with Gasteiger partial charge in [-0.2, -0.15) is 4.39 Å². The van der Waals surface area contributed by atoms with E-state index in [1.165, 1.54) is 12.3 Å². The van der Waals surface area contributed by atoms with Gasteiger partial charge in [0.05, 0.1) is 5.52 Å². The first-order valence-corrected chi connectivity index (χ1v) is 5.88. The van der Waals surface area contributed by atoms with E-state index >= 15 is 0 Å². The lowest BCUT2D eigenvalue weighted by atomic mass is 10.1. The number of nitrogens with zero attached hydrogens (tertiary/aromatic N) is 1. The molecule has 0 aliphatic heterocycles. The maximum atomic E-state index is 12.9. The van der Waals surface area contributed by atoms with Gasteiger partial charge in [0.1, 0.15) is 0 Å². The van der Waals surface area contributed by atoms with Crippen LogP contribution >= 0.6 is 0 Å². The minimum Gasteiger partial charge on any atom is -0.321 e. The Morgan fingerprint density at radius 3 is 2.94 bits per heavy atom. The molecule has 2 aromatic rings.